The van der Waals surface area contributed by atoms with Crippen LogP contribution < -0.4 is 4.90 Å². The molecular formula is C21H30N2O4. The molecule has 0 saturated carbocycles. The molecule has 0 aliphatic carbocycles. The summed E-state index contributed by atoms with van der Waals surface area (Å²) in [6.07, 6.45) is -0.657. The van der Waals surface area contributed by atoms with Crippen molar-refractivity contribution in [1.82, 2.24) is 0 Å². The molecule has 0 spiro atoms. The normalized spacial score (nSPS) is 12.9. The Labute approximate surface area is 162 Å². The second kappa shape index (κ2) is 11.3. The molecule has 0 bridgehead atoms. The molecule has 0 aliphatic heterocycles. The highest BCUT2D eigenvalue weighted by atomic mass is 16.6. The van der Waals surface area contributed by atoms with E-state index in [0.717, 1.165) is 12.0 Å². The van der Waals surface area contributed by atoms with Crippen molar-refractivity contribution in [2.45, 2.75) is 59.7 Å². The summed E-state index contributed by atoms with van der Waals surface area (Å²) < 4.78 is 10.8. The third-order valence-corrected chi connectivity index (χ3v) is 4.09. The number of hydrogen-bond acceptors (Lipinski definition) is 5. The van der Waals surface area contributed by atoms with Gasteiger partial charge in [0, 0.05) is 18.8 Å². The third kappa shape index (κ3) is 7.79. The minimum Gasteiger partial charge on any atom is -0.451 e. The molecule has 0 radical (unpaired) electrons. The van der Waals surface area contributed by atoms with Gasteiger partial charge in [-0.1, -0.05) is 31.5 Å². The van der Waals surface area contributed by atoms with E-state index in [1.807, 2.05) is 37.3 Å². The first-order chi connectivity index (χ1) is 12.8. The number of rotatable bonds is 10. The first-order valence-electron chi connectivity index (χ1n) is 9.33. The quantitative estimate of drug-likeness (QED) is 0.584. The maximum absolute atomic E-state index is 12.8. The van der Waals surface area contributed by atoms with E-state index in [0.29, 0.717) is 18.2 Å². The van der Waals surface area contributed by atoms with Gasteiger partial charge in [-0.3, -0.25) is 4.79 Å². The van der Waals surface area contributed by atoms with Crippen molar-refractivity contribution in [2.75, 3.05) is 18.1 Å². The zero-order chi connectivity index (χ0) is 20.4. The molecule has 0 aromatic heterocycles. The lowest BCUT2D eigenvalue weighted by molar-refractivity contribution is -0.164. The summed E-state index contributed by atoms with van der Waals surface area (Å²) in [7, 11) is 0. The number of hydrogen-bond donors (Lipinski definition) is 0. The number of esters is 1. The second-order valence-corrected chi connectivity index (χ2v) is 7.01. The van der Waals surface area contributed by atoms with Gasteiger partial charge in [-0.15, -0.1) is 0 Å². The average Bonchev–Trinajstić information content (AvgIpc) is 2.62. The standard InChI is InChI=1S/C21H30N2O4/c1-15(2)11-14-26-18(5)21(25)27-17(4)20(24)23(13-6-12-22)19-9-7-16(3)8-10-19/h7-10,15,17-18H,6,11,13-14H2,1-5H3. The average molecular weight is 374 g/mol. The first kappa shape index (κ1) is 22.7. The van der Waals surface area contributed by atoms with Crippen LogP contribution in [0.5, 0.6) is 0 Å². The summed E-state index contributed by atoms with van der Waals surface area (Å²) in [5, 5.41) is 8.88. The van der Waals surface area contributed by atoms with Crippen LogP contribution in [0, 0.1) is 24.2 Å². The number of nitriles is 1. The largest absolute Gasteiger partial charge is 0.451 e. The molecule has 148 valence electrons. The molecule has 2 atom stereocenters. The number of carbonyl (C=O) groups excluding carboxylic acids is 2. The van der Waals surface area contributed by atoms with Crippen LogP contribution in [0.4, 0.5) is 5.69 Å². The summed E-state index contributed by atoms with van der Waals surface area (Å²) in [6.45, 7) is 9.97. The maximum atomic E-state index is 12.8. The van der Waals surface area contributed by atoms with Crippen molar-refractivity contribution in [2.24, 2.45) is 5.92 Å². The SMILES string of the molecule is Cc1ccc(N(CCC#N)C(=O)C(C)OC(=O)C(C)OCCC(C)C)cc1. The molecular weight excluding hydrogens is 344 g/mol. The lowest BCUT2D eigenvalue weighted by Crippen LogP contribution is -2.42. The van der Waals surface area contributed by atoms with E-state index in [1.165, 1.54) is 11.8 Å². The molecule has 1 aromatic rings. The molecule has 0 heterocycles. The summed E-state index contributed by atoms with van der Waals surface area (Å²) in [5.41, 5.74) is 1.74. The summed E-state index contributed by atoms with van der Waals surface area (Å²) in [6, 6.07) is 9.46. The Morgan fingerprint density at radius 3 is 2.30 bits per heavy atom. The van der Waals surface area contributed by atoms with E-state index < -0.39 is 18.2 Å². The molecule has 0 N–H and O–H groups in total. The summed E-state index contributed by atoms with van der Waals surface area (Å²) >= 11 is 0. The molecule has 6 heteroatoms. The van der Waals surface area contributed by atoms with Crippen LogP contribution >= 0.6 is 0 Å². The minimum absolute atomic E-state index is 0.189. The van der Waals surface area contributed by atoms with Crippen molar-refractivity contribution in [1.29, 1.82) is 5.26 Å². The molecule has 1 amide bonds. The van der Waals surface area contributed by atoms with Gasteiger partial charge in [0.15, 0.2) is 12.2 Å². The molecule has 1 aromatic carbocycles. The Kier molecular flexibility index (Phi) is 9.52. The van der Waals surface area contributed by atoms with Crippen LogP contribution in [-0.4, -0.2) is 37.2 Å². The summed E-state index contributed by atoms with van der Waals surface area (Å²) in [4.78, 5) is 26.5. The van der Waals surface area contributed by atoms with Crippen LogP contribution in [-0.2, 0) is 19.1 Å². The van der Waals surface area contributed by atoms with Gasteiger partial charge in [0.25, 0.3) is 5.91 Å². The van der Waals surface area contributed by atoms with Gasteiger partial charge in [0.2, 0.25) is 0 Å². The van der Waals surface area contributed by atoms with Gasteiger partial charge in [0.05, 0.1) is 12.5 Å². The fraction of sp³-hybridized carbons (Fsp3) is 0.571. The Balaban J connectivity index is 2.72. The highest BCUT2D eigenvalue weighted by Crippen LogP contribution is 2.18. The predicted octanol–water partition coefficient (Wildman–Crippen LogP) is 3.62. The molecule has 1 rings (SSSR count). The van der Waals surface area contributed by atoms with Gasteiger partial charge in [0.1, 0.15) is 0 Å². The van der Waals surface area contributed by atoms with Crippen molar-refractivity contribution < 1.29 is 19.1 Å². The fourth-order valence-corrected chi connectivity index (χ4v) is 2.34. The van der Waals surface area contributed by atoms with Gasteiger partial charge in [-0.05, 0) is 45.2 Å². The molecule has 0 saturated heterocycles. The van der Waals surface area contributed by atoms with E-state index >= 15 is 0 Å². The highest BCUT2D eigenvalue weighted by molar-refractivity contribution is 5.97. The summed E-state index contributed by atoms with van der Waals surface area (Å²) in [5.74, 6) is -0.447. The van der Waals surface area contributed by atoms with Gasteiger partial charge >= 0.3 is 5.97 Å². The maximum Gasteiger partial charge on any atom is 0.335 e. The second-order valence-electron chi connectivity index (χ2n) is 7.01. The molecule has 27 heavy (non-hydrogen) atoms. The lowest BCUT2D eigenvalue weighted by atomic mass is 10.1. The zero-order valence-electron chi connectivity index (χ0n) is 16.9. The van der Waals surface area contributed by atoms with E-state index in [1.54, 1.807) is 6.92 Å². The van der Waals surface area contributed by atoms with Crippen molar-refractivity contribution in [3.63, 3.8) is 0 Å². The Hall–Kier alpha value is -2.39. The number of benzene rings is 1. The molecule has 2 unspecified atom stereocenters. The van der Waals surface area contributed by atoms with Crippen molar-refractivity contribution in [3.05, 3.63) is 29.8 Å². The minimum atomic E-state index is -0.964. The van der Waals surface area contributed by atoms with Crippen molar-refractivity contribution in [3.8, 4) is 6.07 Å². The van der Waals surface area contributed by atoms with Crippen LogP contribution in [0.15, 0.2) is 24.3 Å². The molecule has 0 aliphatic rings. The number of nitrogens with zero attached hydrogens (tertiary/aromatic N) is 2. The van der Waals surface area contributed by atoms with Crippen LogP contribution in [0.25, 0.3) is 0 Å². The van der Waals surface area contributed by atoms with E-state index in [2.05, 4.69) is 13.8 Å². The van der Waals surface area contributed by atoms with E-state index in [9.17, 15) is 9.59 Å². The Bertz CT molecular complexity index is 649. The number of carbonyl (C=O) groups is 2. The van der Waals surface area contributed by atoms with Gasteiger partial charge < -0.3 is 14.4 Å². The zero-order valence-corrected chi connectivity index (χ0v) is 16.9. The highest BCUT2D eigenvalue weighted by Gasteiger charge is 2.27. The smallest absolute Gasteiger partial charge is 0.335 e. The topological polar surface area (TPSA) is 79.6 Å². The number of amides is 1. The van der Waals surface area contributed by atoms with E-state index in [-0.39, 0.29) is 18.9 Å². The number of aryl methyl sites for hydroxylation is 1. The van der Waals surface area contributed by atoms with Crippen LogP contribution in [0.1, 0.15) is 46.1 Å². The van der Waals surface area contributed by atoms with Gasteiger partial charge in [-0.2, -0.15) is 5.26 Å². The molecule has 6 nitrogen and oxygen atoms in total. The lowest BCUT2D eigenvalue weighted by Gasteiger charge is -2.26. The Morgan fingerprint density at radius 2 is 1.74 bits per heavy atom. The fourth-order valence-electron chi connectivity index (χ4n) is 2.34. The number of ether oxygens (including phenoxy) is 2. The molecule has 0 fully saturated rings. The predicted molar refractivity (Wildman–Crippen MR) is 104 cm³/mol. The third-order valence-electron chi connectivity index (χ3n) is 4.09. The van der Waals surface area contributed by atoms with Crippen molar-refractivity contribution >= 4 is 17.6 Å². The Morgan fingerprint density at radius 1 is 1.11 bits per heavy atom. The first-order valence-corrected chi connectivity index (χ1v) is 9.33. The van der Waals surface area contributed by atoms with Gasteiger partial charge in [-0.25, -0.2) is 4.79 Å². The van der Waals surface area contributed by atoms with Crippen LogP contribution in [0.3, 0.4) is 0 Å². The van der Waals surface area contributed by atoms with Crippen LogP contribution in [0.2, 0.25) is 0 Å². The number of anilines is 1. The monoisotopic (exact) mass is 374 g/mol. The van der Waals surface area contributed by atoms with E-state index in [4.69, 9.17) is 14.7 Å².